The lowest BCUT2D eigenvalue weighted by atomic mass is 9.84. The summed E-state index contributed by atoms with van der Waals surface area (Å²) in [5.41, 5.74) is 5.20. The van der Waals surface area contributed by atoms with Crippen molar-refractivity contribution in [3.05, 3.63) is 70.9 Å². The van der Waals surface area contributed by atoms with E-state index in [-0.39, 0.29) is 5.82 Å². The summed E-state index contributed by atoms with van der Waals surface area (Å²) in [6.07, 6.45) is 4.56. The van der Waals surface area contributed by atoms with Gasteiger partial charge in [0.15, 0.2) is 5.82 Å². The predicted molar refractivity (Wildman–Crippen MR) is 87.7 cm³/mol. The van der Waals surface area contributed by atoms with E-state index < -0.39 is 0 Å². The molecule has 0 radical (unpaired) electrons. The van der Waals surface area contributed by atoms with E-state index in [1.165, 1.54) is 0 Å². The Morgan fingerprint density at radius 1 is 1.22 bits per heavy atom. The van der Waals surface area contributed by atoms with Gasteiger partial charge in [-0.1, -0.05) is 12.1 Å². The molecular formula is C19H18FN3. The zero-order valence-corrected chi connectivity index (χ0v) is 13.0. The van der Waals surface area contributed by atoms with Crippen molar-refractivity contribution in [3.63, 3.8) is 0 Å². The molecule has 4 rings (SSSR count). The minimum absolute atomic E-state index is 0.149. The minimum atomic E-state index is -0.149. The first kappa shape index (κ1) is 14.1. The molecule has 3 aromatic rings. The van der Waals surface area contributed by atoms with Crippen LogP contribution in [0.5, 0.6) is 0 Å². The van der Waals surface area contributed by atoms with E-state index in [0.29, 0.717) is 5.92 Å². The number of pyridine rings is 1. The highest BCUT2D eigenvalue weighted by molar-refractivity contribution is 5.50. The Bertz CT molecular complexity index is 819. The number of halogens is 1. The van der Waals surface area contributed by atoms with Crippen molar-refractivity contribution >= 4 is 0 Å². The highest BCUT2D eigenvalue weighted by Crippen LogP contribution is 2.33. The Labute approximate surface area is 134 Å². The van der Waals surface area contributed by atoms with Crippen LogP contribution >= 0.6 is 0 Å². The number of hydrogen-bond acceptors (Lipinski definition) is 2. The number of aryl methyl sites for hydroxylation is 2. The maximum atomic E-state index is 13.7. The molecule has 1 unspecified atom stereocenters. The largest absolute Gasteiger partial charge is 0.340 e. The zero-order valence-electron chi connectivity index (χ0n) is 13.0. The highest BCUT2D eigenvalue weighted by atomic mass is 19.1. The Balaban J connectivity index is 1.63. The van der Waals surface area contributed by atoms with Crippen molar-refractivity contribution in [1.29, 1.82) is 0 Å². The molecule has 0 bridgehead atoms. The van der Waals surface area contributed by atoms with Gasteiger partial charge in [0.25, 0.3) is 0 Å². The summed E-state index contributed by atoms with van der Waals surface area (Å²) in [6.45, 7) is 1.94. The van der Waals surface area contributed by atoms with Crippen LogP contribution in [0.25, 0.3) is 11.5 Å². The minimum Gasteiger partial charge on any atom is -0.340 e. The van der Waals surface area contributed by atoms with Crippen molar-refractivity contribution in [2.24, 2.45) is 0 Å². The summed E-state index contributed by atoms with van der Waals surface area (Å²) in [5, 5.41) is 0. The molecule has 0 spiro atoms. The molecule has 1 aliphatic carbocycles. The van der Waals surface area contributed by atoms with Crippen molar-refractivity contribution in [2.75, 3.05) is 0 Å². The van der Waals surface area contributed by atoms with Gasteiger partial charge in [-0.3, -0.25) is 4.98 Å². The maximum Gasteiger partial charge on any atom is 0.156 e. The lowest BCUT2D eigenvalue weighted by Crippen LogP contribution is -2.13. The standard InChI is InChI=1S/C19H18FN3/c1-12-8-14(10-15(20)9-12)13-5-6-16-18(11-13)23-19(22-16)17-4-2-3-7-21-17/h2-4,7-10,13H,5-6,11H2,1H3,(H,22,23). The highest BCUT2D eigenvalue weighted by Gasteiger charge is 2.24. The van der Waals surface area contributed by atoms with Gasteiger partial charge in [-0.05, 0) is 67.5 Å². The normalized spacial score (nSPS) is 17.0. The van der Waals surface area contributed by atoms with Crippen LogP contribution < -0.4 is 0 Å². The maximum absolute atomic E-state index is 13.7. The summed E-state index contributed by atoms with van der Waals surface area (Å²) < 4.78 is 13.7. The van der Waals surface area contributed by atoms with Gasteiger partial charge in [0.1, 0.15) is 11.5 Å². The second-order valence-corrected chi connectivity index (χ2v) is 6.23. The molecule has 1 atom stereocenters. The number of fused-ring (bicyclic) bond motifs is 1. The van der Waals surface area contributed by atoms with Crippen LogP contribution in [0, 0.1) is 12.7 Å². The molecule has 0 saturated carbocycles. The third kappa shape index (κ3) is 2.77. The van der Waals surface area contributed by atoms with E-state index in [2.05, 4.69) is 16.0 Å². The fourth-order valence-electron chi connectivity index (χ4n) is 3.39. The monoisotopic (exact) mass is 307 g/mol. The molecule has 1 aliphatic rings. The van der Waals surface area contributed by atoms with E-state index in [9.17, 15) is 4.39 Å². The molecule has 3 nitrogen and oxygen atoms in total. The molecule has 0 amide bonds. The molecule has 116 valence electrons. The zero-order chi connectivity index (χ0) is 15.8. The molecular weight excluding hydrogens is 289 g/mol. The summed E-state index contributed by atoms with van der Waals surface area (Å²) in [4.78, 5) is 12.5. The van der Waals surface area contributed by atoms with Gasteiger partial charge >= 0.3 is 0 Å². The molecule has 0 fully saturated rings. The number of imidazole rings is 1. The Morgan fingerprint density at radius 2 is 2.13 bits per heavy atom. The molecule has 0 aliphatic heterocycles. The number of benzene rings is 1. The average molecular weight is 307 g/mol. The average Bonchev–Trinajstić information content (AvgIpc) is 2.98. The Kier molecular flexibility index (Phi) is 3.45. The van der Waals surface area contributed by atoms with Crippen LogP contribution in [0.1, 0.15) is 34.9 Å². The first-order valence-electron chi connectivity index (χ1n) is 7.95. The van der Waals surface area contributed by atoms with Crippen LogP contribution in [0.4, 0.5) is 4.39 Å². The summed E-state index contributed by atoms with van der Waals surface area (Å²) in [7, 11) is 0. The van der Waals surface area contributed by atoms with Crippen LogP contribution in [-0.4, -0.2) is 15.0 Å². The molecule has 2 aromatic heterocycles. The van der Waals surface area contributed by atoms with Crippen molar-refractivity contribution in [1.82, 2.24) is 15.0 Å². The first-order chi connectivity index (χ1) is 11.2. The SMILES string of the molecule is Cc1cc(F)cc(C2CCc3nc(-c4ccccn4)[nH]c3C2)c1. The molecule has 0 saturated heterocycles. The van der Waals surface area contributed by atoms with Gasteiger partial charge in [0, 0.05) is 11.9 Å². The summed E-state index contributed by atoms with van der Waals surface area (Å²) >= 11 is 0. The predicted octanol–water partition coefficient (Wildman–Crippen LogP) is 4.19. The van der Waals surface area contributed by atoms with Crippen molar-refractivity contribution in [3.8, 4) is 11.5 Å². The van der Waals surface area contributed by atoms with Crippen molar-refractivity contribution < 1.29 is 4.39 Å². The second kappa shape index (κ2) is 5.61. The topological polar surface area (TPSA) is 41.6 Å². The van der Waals surface area contributed by atoms with Gasteiger partial charge < -0.3 is 4.98 Å². The van der Waals surface area contributed by atoms with E-state index in [1.807, 2.05) is 25.1 Å². The lowest BCUT2D eigenvalue weighted by Gasteiger charge is -2.22. The molecule has 2 heterocycles. The van der Waals surface area contributed by atoms with Gasteiger partial charge in [-0.2, -0.15) is 0 Å². The first-order valence-corrected chi connectivity index (χ1v) is 7.95. The third-order valence-electron chi connectivity index (χ3n) is 4.49. The van der Waals surface area contributed by atoms with Gasteiger partial charge in [-0.25, -0.2) is 9.37 Å². The smallest absolute Gasteiger partial charge is 0.156 e. The molecule has 23 heavy (non-hydrogen) atoms. The van der Waals surface area contributed by atoms with Crippen molar-refractivity contribution in [2.45, 2.75) is 32.1 Å². The van der Waals surface area contributed by atoms with Crippen LogP contribution in [0.2, 0.25) is 0 Å². The summed E-state index contributed by atoms with van der Waals surface area (Å²) in [5.74, 6) is 1.02. The lowest BCUT2D eigenvalue weighted by molar-refractivity contribution is 0.562. The third-order valence-corrected chi connectivity index (χ3v) is 4.49. The molecule has 1 N–H and O–H groups in total. The van der Waals surface area contributed by atoms with E-state index in [1.54, 1.807) is 18.3 Å². The number of H-pyrrole nitrogens is 1. The van der Waals surface area contributed by atoms with Gasteiger partial charge in [0.05, 0.1) is 5.69 Å². The number of nitrogens with zero attached hydrogens (tertiary/aromatic N) is 2. The molecule has 1 aromatic carbocycles. The number of rotatable bonds is 2. The van der Waals surface area contributed by atoms with Crippen LogP contribution in [0.3, 0.4) is 0 Å². The van der Waals surface area contributed by atoms with E-state index in [0.717, 1.165) is 53.3 Å². The Morgan fingerprint density at radius 3 is 2.91 bits per heavy atom. The van der Waals surface area contributed by atoms with Gasteiger partial charge in [0.2, 0.25) is 0 Å². The molecule has 4 heteroatoms. The van der Waals surface area contributed by atoms with Gasteiger partial charge in [-0.15, -0.1) is 0 Å². The van der Waals surface area contributed by atoms with Crippen LogP contribution in [0.15, 0.2) is 42.6 Å². The number of aromatic nitrogens is 3. The fraction of sp³-hybridized carbons (Fsp3) is 0.263. The van der Waals surface area contributed by atoms with E-state index >= 15 is 0 Å². The number of aromatic amines is 1. The fourth-order valence-corrected chi connectivity index (χ4v) is 3.39. The van der Waals surface area contributed by atoms with Crippen LogP contribution in [-0.2, 0) is 12.8 Å². The number of hydrogen-bond donors (Lipinski definition) is 1. The quantitative estimate of drug-likeness (QED) is 0.771. The second-order valence-electron chi connectivity index (χ2n) is 6.23. The Hall–Kier alpha value is -2.49. The number of nitrogens with one attached hydrogen (secondary N) is 1. The van der Waals surface area contributed by atoms with E-state index in [4.69, 9.17) is 4.98 Å². The summed E-state index contributed by atoms with van der Waals surface area (Å²) in [6, 6.07) is 11.1.